The monoisotopic (exact) mass is 262 g/mol. The van der Waals surface area contributed by atoms with Gasteiger partial charge >= 0.3 is 0 Å². The molecule has 3 heteroatoms. The Morgan fingerprint density at radius 2 is 1.95 bits per heavy atom. The Morgan fingerprint density at radius 3 is 2.58 bits per heavy atom. The second-order valence-electron chi connectivity index (χ2n) is 5.21. The van der Waals surface area contributed by atoms with Crippen LogP contribution in [0.15, 0.2) is 24.3 Å². The number of rotatable bonds is 5. The van der Waals surface area contributed by atoms with Gasteiger partial charge in [-0.15, -0.1) is 0 Å². The van der Waals surface area contributed by atoms with Crippen molar-refractivity contribution in [2.75, 3.05) is 0 Å². The van der Waals surface area contributed by atoms with Gasteiger partial charge in [0.2, 0.25) is 0 Å². The van der Waals surface area contributed by atoms with Gasteiger partial charge in [-0.05, 0) is 24.5 Å². The van der Waals surface area contributed by atoms with Crippen molar-refractivity contribution in [1.29, 1.82) is 0 Å². The number of aldehydes is 1. The molecule has 0 radical (unpaired) electrons. The molecule has 1 fully saturated rings. The van der Waals surface area contributed by atoms with Crippen LogP contribution in [0.1, 0.15) is 50.0 Å². The highest BCUT2D eigenvalue weighted by molar-refractivity contribution is 5.89. The lowest BCUT2D eigenvalue weighted by Gasteiger charge is -2.24. The predicted molar refractivity (Wildman–Crippen MR) is 71.4 cm³/mol. The van der Waals surface area contributed by atoms with E-state index in [4.69, 9.17) is 0 Å². The van der Waals surface area contributed by atoms with E-state index in [1.54, 1.807) is 18.2 Å². The molecule has 19 heavy (non-hydrogen) atoms. The zero-order valence-corrected chi connectivity index (χ0v) is 11.0. The standard InChI is InChI=1S/C16H19FO2/c17-15-9-5-4-8-13(15)14(10-11-18)16(19)12-6-2-1-3-7-12/h4-5,8-9,11-12,14H,1-3,6-7,10H2. The lowest BCUT2D eigenvalue weighted by Crippen LogP contribution is -2.25. The highest BCUT2D eigenvalue weighted by Crippen LogP contribution is 2.32. The van der Waals surface area contributed by atoms with E-state index in [0.717, 1.165) is 32.0 Å². The van der Waals surface area contributed by atoms with Crippen LogP contribution in [0.3, 0.4) is 0 Å². The predicted octanol–water partition coefficient (Wildman–Crippen LogP) is 3.65. The van der Waals surface area contributed by atoms with Crippen molar-refractivity contribution in [2.45, 2.75) is 44.4 Å². The van der Waals surface area contributed by atoms with Gasteiger partial charge in [-0.2, -0.15) is 0 Å². The Balaban J connectivity index is 2.21. The second kappa shape index (κ2) is 6.60. The SMILES string of the molecule is O=CCC(C(=O)C1CCCCC1)c1ccccc1F. The lowest BCUT2D eigenvalue weighted by atomic mass is 9.78. The van der Waals surface area contributed by atoms with Gasteiger partial charge in [0, 0.05) is 12.3 Å². The van der Waals surface area contributed by atoms with E-state index < -0.39 is 11.7 Å². The Morgan fingerprint density at radius 1 is 1.26 bits per heavy atom. The molecule has 0 N–H and O–H groups in total. The van der Waals surface area contributed by atoms with Gasteiger partial charge in [-0.25, -0.2) is 4.39 Å². The first kappa shape index (κ1) is 13.9. The maximum Gasteiger partial charge on any atom is 0.143 e. The van der Waals surface area contributed by atoms with E-state index in [1.807, 2.05) is 0 Å². The third kappa shape index (κ3) is 3.28. The molecular weight excluding hydrogens is 243 g/mol. The molecule has 1 aromatic rings. The minimum Gasteiger partial charge on any atom is -0.303 e. The first-order chi connectivity index (χ1) is 9.24. The van der Waals surface area contributed by atoms with Crippen LogP contribution in [-0.2, 0) is 9.59 Å². The van der Waals surface area contributed by atoms with Gasteiger partial charge in [-0.3, -0.25) is 4.79 Å². The Labute approximate surface area is 113 Å². The summed E-state index contributed by atoms with van der Waals surface area (Å²) < 4.78 is 13.8. The van der Waals surface area contributed by atoms with Crippen LogP contribution in [0.4, 0.5) is 4.39 Å². The summed E-state index contributed by atoms with van der Waals surface area (Å²) >= 11 is 0. The summed E-state index contributed by atoms with van der Waals surface area (Å²) in [6.07, 6.45) is 5.84. The van der Waals surface area contributed by atoms with Crippen molar-refractivity contribution in [1.82, 2.24) is 0 Å². The van der Waals surface area contributed by atoms with Gasteiger partial charge in [0.25, 0.3) is 0 Å². The fourth-order valence-electron chi connectivity index (χ4n) is 2.92. The van der Waals surface area contributed by atoms with E-state index in [1.165, 1.54) is 12.5 Å². The van der Waals surface area contributed by atoms with E-state index in [9.17, 15) is 14.0 Å². The Kier molecular flexibility index (Phi) is 4.83. The van der Waals surface area contributed by atoms with Crippen LogP contribution in [0.5, 0.6) is 0 Å². The Bertz CT molecular complexity index is 450. The first-order valence-corrected chi connectivity index (χ1v) is 6.96. The summed E-state index contributed by atoms with van der Waals surface area (Å²) in [5.41, 5.74) is 0.366. The third-order valence-electron chi connectivity index (χ3n) is 3.96. The molecule has 0 bridgehead atoms. The quantitative estimate of drug-likeness (QED) is 0.759. The molecule has 0 aromatic heterocycles. The molecular formula is C16H19FO2. The minimum atomic E-state index is -0.609. The summed E-state index contributed by atoms with van der Waals surface area (Å²) in [6, 6.07) is 6.28. The number of halogens is 1. The van der Waals surface area contributed by atoms with E-state index in [2.05, 4.69) is 0 Å². The van der Waals surface area contributed by atoms with Crippen LogP contribution < -0.4 is 0 Å². The highest BCUT2D eigenvalue weighted by atomic mass is 19.1. The Hall–Kier alpha value is -1.51. The van der Waals surface area contributed by atoms with Crippen LogP contribution in [0.25, 0.3) is 0 Å². The van der Waals surface area contributed by atoms with Crippen molar-refractivity contribution in [3.63, 3.8) is 0 Å². The number of hydrogen-bond acceptors (Lipinski definition) is 2. The number of benzene rings is 1. The molecule has 1 aliphatic carbocycles. The average molecular weight is 262 g/mol. The van der Waals surface area contributed by atoms with Crippen molar-refractivity contribution < 1.29 is 14.0 Å². The van der Waals surface area contributed by atoms with Crippen LogP contribution in [0, 0.1) is 11.7 Å². The average Bonchev–Trinajstić information content (AvgIpc) is 2.46. The van der Waals surface area contributed by atoms with E-state index in [0.29, 0.717) is 5.56 Å². The fraction of sp³-hybridized carbons (Fsp3) is 0.500. The van der Waals surface area contributed by atoms with Gasteiger partial charge in [0.1, 0.15) is 17.9 Å². The summed E-state index contributed by atoms with van der Waals surface area (Å²) in [5.74, 6) is -0.962. The number of ketones is 1. The second-order valence-corrected chi connectivity index (χ2v) is 5.21. The zero-order valence-electron chi connectivity index (χ0n) is 11.0. The normalized spacial score (nSPS) is 17.9. The maximum absolute atomic E-state index is 13.8. The van der Waals surface area contributed by atoms with Gasteiger partial charge < -0.3 is 4.79 Å². The number of carbonyl (C=O) groups is 2. The molecule has 2 nitrogen and oxygen atoms in total. The van der Waals surface area contributed by atoms with Crippen molar-refractivity contribution in [2.24, 2.45) is 5.92 Å². The number of Topliss-reactive ketones (excluding diaryl/α,β-unsaturated/α-hetero) is 1. The molecule has 0 aliphatic heterocycles. The molecule has 1 saturated carbocycles. The zero-order chi connectivity index (χ0) is 13.7. The molecule has 1 aromatic carbocycles. The molecule has 2 rings (SSSR count). The number of carbonyl (C=O) groups excluding carboxylic acids is 2. The summed E-state index contributed by atoms with van der Waals surface area (Å²) in [5, 5.41) is 0. The third-order valence-corrected chi connectivity index (χ3v) is 3.96. The topological polar surface area (TPSA) is 34.1 Å². The molecule has 1 atom stereocenters. The number of hydrogen-bond donors (Lipinski definition) is 0. The summed E-state index contributed by atoms with van der Waals surface area (Å²) in [7, 11) is 0. The molecule has 0 heterocycles. The van der Waals surface area contributed by atoms with E-state index >= 15 is 0 Å². The smallest absolute Gasteiger partial charge is 0.143 e. The van der Waals surface area contributed by atoms with Crippen LogP contribution in [-0.4, -0.2) is 12.1 Å². The minimum absolute atomic E-state index is 0.00157. The van der Waals surface area contributed by atoms with Gasteiger partial charge in [0.15, 0.2) is 0 Å². The maximum atomic E-state index is 13.8. The summed E-state index contributed by atoms with van der Waals surface area (Å²) in [4.78, 5) is 23.3. The first-order valence-electron chi connectivity index (χ1n) is 6.96. The molecule has 0 saturated heterocycles. The van der Waals surface area contributed by atoms with Crippen LogP contribution in [0.2, 0.25) is 0 Å². The van der Waals surface area contributed by atoms with Crippen molar-refractivity contribution >= 4 is 12.1 Å². The van der Waals surface area contributed by atoms with Gasteiger partial charge in [-0.1, -0.05) is 37.5 Å². The fourth-order valence-corrected chi connectivity index (χ4v) is 2.92. The van der Waals surface area contributed by atoms with Gasteiger partial charge in [0.05, 0.1) is 5.92 Å². The molecule has 1 unspecified atom stereocenters. The van der Waals surface area contributed by atoms with Crippen molar-refractivity contribution in [3.05, 3.63) is 35.6 Å². The largest absolute Gasteiger partial charge is 0.303 e. The molecule has 1 aliphatic rings. The van der Waals surface area contributed by atoms with E-state index in [-0.39, 0.29) is 18.1 Å². The highest BCUT2D eigenvalue weighted by Gasteiger charge is 2.30. The summed E-state index contributed by atoms with van der Waals surface area (Å²) in [6.45, 7) is 0. The van der Waals surface area contributed by atoms with Crippen LogP contribution >= 0.6 is 0 Å². The van der Waals surface area contributed by atoms with Crippen molar-refractivity contribution in [3.8, 4) is 0 Å². The lowest BCUT2D eigenvalue weighted by molar-refractivity contribution is -0.126. The molecule has 0 amide bonds. The molecule has 102 valence electrons. The molecule has 0 spiro atoms.